The van der Waals surface area contributed by atoms with E-state index in [2.05, 4.69) is 12.2 Å². The number of nitrogens with one attached hydrogen (secondary N) is 1. The van der Waals surface area contributed by atoms with Crippen molar-refractivity contribution in [1.29, 1.82) is 0 Å². The molecule has 0 saturated heterocycles. The van der Waals surface area contributed by atoms with Gasteiger partial charge in [0, 0.05) is 6.54 Å². The van der Waals surface area contributed by atoms with Gasteiger partial charge in [-0.15, -0.1) is 0 Å². The minimum absolute atomic E-state index is 0.136. The maximum atomic E-state index is 13.4. The van der Waals surface area contributed by atoms with Gasteiger partial charge < -0.3 is 10.1 Å². The molecule has 0 heterocycles. The Morgan fingerprint density at radius 3 is 2.15 bits per heavy atom. The van der Waals surface area contributed by atoms with Gasteiger partial charge in [0.2, 0.25) is 5.91 Å². The molecule has 0 aliphatic carbocycles. The molecule has 33 heavy (non-hydrogen) atoms. The van der Waals surface area contributed by atoms with E-state index in [1.807, 2.05) is 37.3 Å². The maximum absolute atomic E-state index is 13.4. The zero-order chi connectivity index (χ0) is 23.7. The first kappa shape index (κ1) is 24.3. The molecule has 0 aliphatic rings. The van der Waals surface area contributed by atoms with Gasteiger partial charge in [0.15, 0.2) is 0 Å². The summed E-state index contributed by atoms with van der Waals surface area (Å²) in [5, 5.41) is 2.82. The fourth-order valence-electron chi connectivity index (χ4n) is 3.25. The molecule has 0 aliphatic heterocycles. The molecular formula is C26H30N2O4S. The highest BCUT2D eigenvalue weighted by Crippen LogP contribution is 2.28. The molecule has 174 valence electrons. The minimum Gasteiger partial charge on any atom is -0.457 e. The minimum atomic E-state index is -3.94. The molecular weight excluding hydrogens is 436 g/mol. The van der Waals surface area contributed by atoms with Crippen molar-refractivity contribution in [2.45, 2.75) is 38.0 Å². The summed E-state index contributed by atoms with van der Waals surface area (Å²) >= 11 is 0. The van der Waals surface area contributed by atoms with Crippen LogP contribution in [0.3, 0.4) is 0 Å². The van der Waals surface area contributed by atoms with Gasteiger partial charge in [-0.3, -0.25) is 9.10 Å². The summed E-state index contributed by atoms with van der Waals surface area (Å²) in [5.74, 6) is 0.911. The highest BCUT2D eigenvalue weighted by molar-refractivity contribution is 7.92. The maximum Gasteiger partial charge on any atom is 0.264 e. The standard InChI is InChI=1S/C26H30N2O4S/c1-3-4-8-19-27-26(29)20-28(33(30,31)25-17-11-21(2)12-18-25)22-13-15-24(16-14-22)32-23-9-6-5-7-10-23/h5-7,9-18H,3-4,8,19-20H2,1-2H3,(H,27,29). The Kier molecular flexibility index (Phi) is 8.49. The third-order valence-corrected chi connectivity index (χ3v) is 6.89. The largest absolute Gasteiger partial charge is 0.457 e. The van der Waals surface area contributed by atoms with Gasteiger partial charge in [-0.05, 0) is 61.9 Å². The molecule has 0 atom stereocenters. The second kappa shape index (κ2) is 11.5. The molecule has 0 radical (unpaired) electrons. The number of amides is 1. The zero-order valence-electron chi connectivity index (χ0n) is 19.0. The van der Waals surface area contributed by atoms with E-state index in [9.17, 15) is 13.2 Å². The Morgan fingerprint density at radius 2 is 1.52 bits per heavy atom. The van der Waals surface area contributed by atoms with Crippen LogP contribution in [-0.2, 0) is 14.8 Å². The molecule has 0 bridgehead atoms. The van der Waals surface area contributed by atoms with Crippen LogP contribution in [0.2, 0.25) is 0 Å². The number of carbonyl (C=O) groups is 1. The quantitative estimate of drug-likeness (QED) is 0.390. The van der Waals surface area contributed by atoms with Crippen molar-refractivity contribution in [1.82, 2.24) is 5.32 Å². The van der Waals surface area contributed by atoms with Crippen LogP contribution in [-0.4, -0.2) is 27.4 Å². The van der Waals surface area contributed by atoms with Crippen molar-refractivity contribution in [3.8, 4) is 11.5 Å². The van der Waals surface area contributed by atoms with Gasteiger partial charge >= 0.3 is 0 Å². The van der Waals surface area contributed by atoms with Gasteiger partial charge in [-0.2, -0.15) is 0 Å². The second-order valence-corrected chi connectivity index (χ2v) is 9.65. The van der Waals surface area contributed by atoms with Crippen molar-refractivity contribution < 1.29 is 17.9 Å². The topological polar surface area (TPSA) is 75.7 Å². The number of benzene rings is 3. The number of aryl methyl sites for hydroxylation is 1. The Balaban J connectivity index is 1.84. The van der Waals surface area contributed by atoms with Crippen LogP contribution >= 0.6 is 0 Å². The van der Waals surface area contributed by atoms with E-state index >= 15 is 0 Å². The van der Waals surface area contributed by atoms with Crippen LogP contribution in [0, 0.1) is 6.92 Å². The lowest BCUT2D eigenvalue weighted by Crippen LogP contribution is -2.41. The van der Waals surface area contributed by atoms with Crippen molar-refractivity contribution in [2.24, 2.45) is 0 Å². The van der Waals surface area contributed by atoms with E-state index in [1.54, 1.807) is 48.5 Å². The SMILES string of the molecule is CCCCCNC(=O)CN(c1ccc(Oc2ccccc2)cc1)S(=O)(=O)c1ccc(C)cc1. The lowest BCUT2D eigenvalue weighted by atomic mass is 10.2. The molecule has 7 heteroatoms. The van der Waals surface area contributed by atoms with Crippen LogP contribution < -0.4 is 14.4 Å². The van der Waals surface area contributed by atoms with E-state index in [0.29, 0.717) is 23.7 Å². The molecule has 3 aromatic carbocycles. The lowest BCUT2D eigenvalue weighted by molar-refractivity contribution is -0.119. The number of para-hydroxylation sites is 1. The summed E-state index contributed by atoms with van der Waals surface area (Å²) in [7, 11) is -3.94. The fraction of sp³-hybridized carbons (Fsp3) is 0.269. The molecule has 0 unspecified atom stereocenters. The Bertz CT molecular complexity index is 1130. The first-order valence-corrected chi connectivity index (χ1v) is 12.5. The van der Waals surface area contributed by atoms with E-state index in [0.717, 1.165) is 29.1 Å². The average Bonchev–Trinajstić information content (AvgIpc) is 2.82. The number of hydrogen-bond donors (Lipinski definition) is 1. The van der Waals surface area contributed by atoms with E-state index in [1.165, 1.54) is 0 Å². The van der Waals surface area contributed by atoms with Crippen LogP contribution in [0.25, 0.3) is 0 Å². The highest BCUT2D eigenvalue weighted by atomic mass is 32.2. The third kappa shape index (κ3) is 6.83. The van der Waals surface area contributed by atoms with E-state index in [4.69, 9.17) is 4.74 Å². The van der Waals surface area contributed by atoms with Gasteiger partial charge in [-0.25, -0.2) is 8.42 Å². The molecule has 3 rings (SSSR count). The molecule has 0 fully saturated rings. The molecule has 0 spiro atoms. The number of unbranched alkanes of at least 4 members (excludes halogenated alkanes) is 2. The number of nitrogens with zero attached hydrogens (tertiary/aromatic N) is 1. The Labute approximate surface area is 196 Å². The predicted octanol–water partition coefficient (Wildman–Crippen LogP) is 5.29. The Hall–Kier alpha value is -3.32. The molecule has 0 saturated carbocycles. The highest BCUT2D eigenvalue weighted by Gasteiger charge is 2.27. The third-order valence-electron chi connectivity index (χ3n) is 5.10. The van der Waals surface area contributed by atoms with Crippen LogP contribution in [0.15, 0.2) is 83.8 Å². The van der Waals surface area contributed by atoms with E-state index < -0.39 is 10.0 Å². The number of sulfonamides is 1. The summed E-state index contributed by atoms with van der Waals surface area (Å²) in [4.78, 5) is 12.7. The van der Waals surface area contributed by atoms with Crippen molar-refractivity contribution in [3.63, 3.8) is 0 Å². The summed E-state index contributed by atoms with van der Waals surface area (Å²) in [5.41, 5.74) is 1.34. The summed E-state index contributed by atoms with van der Waals surface area (Å²) in [6.45, 7) is 4.20. The number of carbonyl (C=O) groups excluding carboxylic acids is 1. The number of hydrogen-bond acceptors (Lipinski definition) is 4. The van der Waals surface area contributed by atoms with Crippen molar-refractivity contribution >= 4 is 21.6 Å². The van der Waals surface area contributed by atoms with Crippen molar-refractivity contribution in [2.75, 3.05) is 17.4 Å². The zero-order valence-corrected chi connectivity index (χ0v) is 19.8. The van der Waals surface area contributed by atoms with Crippen molar-refractivity contribution in [3.05, 3.63) is 84.4 Å². The molecule has 3 aromatic rings. The first-order valence-electron chi connectivity index (χ1n) is 11.1. The predicted molar refractivity (Wildman–Crippen MR) is 131 cm³/mol. The van der Waals surface area contributed by atoms with E-state index in [-0.39, 0.29) is 17.3 Å². The van der Waals surface area contributed by atoms with Gasteiger partial charge in [0.25, 0.3) is 10.0 Å². The average molecular weight is 467 g/mol. The molecule has 6 nitrogen and oxygen atoms in total. The van der Waals surface area contributed by atoms with Crippen LogP contribution in [0.5, 0.6) is 11.5 Å². The van der Waals surface area contributed by atoms with Gasteiger partial charge in [0.1, 0.15) is 18.0 Å². The number of anilines is 1. The summed E-state index contributed by atoms with van der Waals surface area (Å²) < 4.78 is 33.8. The molecule has 1 amide bonds. The molecule has 1 N–H and O–H groups in total. The summed E-state index contributed by atoms with van der Waals surface area (Å²) in [6, 6.07) is 22.6. The second-order valence-electron chi connectivity index (χ2n) is 7.79. The smallest absolute Gasteiger partial charge is 0.264 e. The van der Waals surface area contributed by atoms with Gasteiger partial charge in [-0.1, -0.05) is 55.7 Å². The normalized spacial score (nSPS) is 11.1. The number of ether oxygens (including phenoxy) is 1. The first-order chi connectivity index (χ1) is 15.9. The van der Waals surface area contributed by atoms with Gasteiger partial charge in [0.05, 0.1) is 10.6 Å². The Morgan fingerprint density at radius 1 is 0.879 bits per heavy atom. The molecule has 0 aromatic heterocycles. The summed E-state index contributed by atoms with van der Waals surface area (Å²) in [6.07, 6.45) is 2.91. The number of rotatable bonds is 11. The van der Waals surface area contributed by atoms with Crippen LogP contribution in [0.1, 0.15) is 31.7 Å². The lowest BCUT2D eigenvalue weighted by Gasteiger charge is -2.24. The van der Waals surface area contributed by atoms with Crippen LogP contribution in [0.4, 0.5) is 5.69 Å². The monoisotopic (exact) mass is 466 g/mol. The fourth-order valence-corrected chi connectivity index (χ4v) is 4.67.